The van der Waals surface area contributed by atoms with E-state index in [-0.39, 0.29) is 0 Å². The highest BCUT2D eigenvalue weighted by Crippen LogP contribution is 2.25. The number of aryl methyl sites for hydroxylation is 1. The predicted octanol–water partition coefficient (Wildman–Crippen LogP) is 3.54. The van der Waals surface area contributed by atoms with Crippen LogP contribution in [0.3, 0.4) is 0 Å². The van der Waals surface area contributed by atoms with E-state index in [9.17, 15) is 0 Å². The summed E-state index contributed by atoms with van der Waals surface area (Å²) in [6.45, 7) is 7.24. The molecule has 1 aliphatic rings. The quantitative estimate of drug-likeness (QED) is 0.858. The molecule has 1 aliphatic heterocycles. The van der Waals surface area contributed by atoms with Gasteiger partial charge in [-0.15, -0.1) is 0 Å². The number of para-hydroxylation sites is 1. The van der Waals surface area contributed by atoms with Crippen LogP contribution in [-0.4, -0.2) is 29.6 Å². The maximum Gasteiger partial charge on any atom is 0.232 e. The monoisotopic (exact) mass is 282 g/mol. The van der Waals surface area contributed by atoms with Crippen molar-refractivity contribution in [3.05, 3.63) is 42.1 Å². The van der Waals surface area contributed by atoms with E-state index < -0.39 is 0 Å². The summed E-state index contributed by atoms with van der Waals surface area (Å²) in [5.41, 5.74) is 2.16. The second-order valence-electron chi connectivity index (χ2n) is 5.44. The van der Waals surface area contributed by atoms with Gasteiger partial charge in [-0.3, -0.25) is 0 Å². The topological polar surface area (TPSA) is 32.3 Å². The predicted molar refractivity (Wildman–Crippen MR) is 87.3 cm³/mol. The third-order valence-electron chi connectivity index (χ3n) is 3.88. The maximum absolute atomic E-state index is 4.80. The van der Waals surface area contributed by atoms with Crippen molar-refractivity contribution < 1.29 is 0 Å². The molecular weight excluding hydrogens is 260 g/mol. The lowest BCUT2D eigenvalue weighted by molar-refractivity contribution is 0.887. The van der Waals surface area contributed by atoms with Crippen molar-refractivity contribution in [1.29, 1.82) is 0 Å². The van der Waals surface area contributed by atoms with Crippen molar-refractivity contribution in [1.82, 2.24) is 9.97 Å². The molecule has 110 valence electrons. The lowest BCUT2D eigenvalue weighted by Gasteiger charge is -2.24. The van der Waals surface area contributed by atoms with E-state index in [1.807, 2.05) is 13.0 Å². The van der Waals surface area contributed by atoms with Gasteiger partial charge in [-0.1, -0.05) is 18.2 Å². The zero-order chi connectivity index (χ0) is 14.7. The molecule has 21 heavy (non-hydrogen) atoms. The average molecular weight is 282 g/mol. The molecule has 0 radical (unpaired) electrons. The van der Waals surface area contributed by atoms with Gasteiger partial charge in [-0.2, -0.15) is 4.98 Å². The number of benzene rings is 1. The standard InChI is InChI=1S/C17H22N4/c1-3-21(15-9-5-4-6-10-15)17-18-14(2)13-16(19-17)20-11-7-8-12-20/h4-6,9-10,13H,3,7-8,11-12H2,1-2H3. The molecule has 0 atom stereocenters. The minimum absolute atomic E-state index is 0.797. The normalized spacial score (nSPS) is 14.5. The van der Waals surface area contributed by atoms with Gasteiger partial charge in [0.05, 0.1) is 0 Å². The number of rotatable bonds is 4. The first-order chi connectivity index (χ1) is 10.3. The Hall–Kier alpha value is -2.10. The molecule has 0 spiro atoms. The average Bonchev–Trinajstić information content (AvgIpc) is 3.03. The first-order valence-electron chi connectivity index (χ1n) is 7.71. The van der Waals surface area contributed by atoms with Gasteiger partial charge in [-0.05, 0) is 38.8 Å². The van der Waals surface area contributed by atoms with Crippen LogP contribution < -0.4 is 9.80 Å². The summed E-state index contributed by atoms with van der Waals surface area (Å²) >= 11 is 0. The Morgan fingerprint density at radius 3 is 2.48 bits per heavy atom. The van der Waals surface area contributed by atoms with Gasteiger partial charge >= 0.3 is 0 Å². The van der Waals surface area contributed by atoms with Crippen molar-refractivity contribution >= 4 is 17.5 Å². The summed E-state index contributed by atoms with van der Waals surface area (Å²) in [5, 5.41) is 0. The summed E-state index contributed by atoms with van der Waals surface area (Å²) in [6.07, 6.45) is 2.52. The molecule has 0 unspecified atom stereocenters. The minimum Gasteiger partial charge on any atom is -0.356 e. The fraction of sp³-hybridized carbons (Fsp3) is 0.412. The van der Waals surface area contributed by atoms with Crippen LogP contribution in [-0.2, 0) is 0 Å². The summed E-state index contributed by atoms with van der Waals surface area (Å²) in [5.74, 6) is 1.86. The Bertz CT molecular complexity index is 591. The van der Waals surface area contributed by atoms with Gasteiger partial charge in [-0.25, -0.2) is 4.98 Å². The van der Waals surface area contributed by atoms with Crippen LogP contribution in [0.1, 0.15) is 25.5 Å². The van der Waals surface area contributed by atoms with Crippen LogP contribution in [0.2, 0.25) is 0 Å². The molecule has 0 amide bonds. The zero-order valence-electron chi connectivity index (χ0n) is 12.8. The molecule has 0 N–H and O–H groups in total. The Morgan fingerprint density at radius 1 is 1.10 bits per heavy atom. The van der Waals surface area contributed by atoms with E-state index in [1.54, 1.807) is 0 Å². The highest BCUT2D eigenvalue weighted by Gasteiger charge is 2.17. The van der Waals surface area contributed by atoms with Crippen LogP contribution in [0.25, 0.3) is 0 Å². The molecule has 2 aromatic rings. The summed E-state index contributed by atoms with van der Waals surface area (Å²) in [7, 11) is 0. The van der Waals surface area contributed by atoms with Crippen molar-refractivity contribution in [2.45, 2.75) is 26.7 Å². The van der Waals surface area contributed by atoms with E-state index in [0.717, 1.165) is 42.8 Å². The third-order valence-corrected chi connectivity index (χ3v) is 3.88. The van der Waals surface area contributed by atoms with Gasteiger partial charge in [0.25, 0.3) is 0 Å². The van der Waals surface area contributed by atoms with Gasteiger partial charge < -0.3 is 9.80 Å². The second-order valence-corrected chi connectivity index (χ2v) is 5.44. The lowest BCUT2D eigenvalue weighted by atomic mass is 10.3. The van der Waals surface area contributed by atoms with E-state index in [2.05, 4.69) is 52.0 Å². The van der Waals surface area contributed by atoms with Crippen molar-refractivity contribution in [2.24, 2.45) is 0 Å². The Morgan fingerprint density at radius 2 is 1.81 bits per heavy atom. The highest BCUT2D eigenvalue weighted by molar-refractivity contribution is 5.59. The largest absolute Gasteiger partial charge is 0.356 e. The van der Waals surface area contributed by atoms with Gasteiger partial charge in [0.2, 0.25) is 5.95 Å². The number of hydrogen-bond donors (Lipinski definition) is 0. The Balaban J connectivity index is 1.96. The van der Waals surface area contributed by atoms with Crippen molar-refractivity contribution in [3.63, 3.8) is 0 Å². The molecular formula is C17H22N4. The smallest absolute Gasteiger partial charge is 0.232 e. The SMILES string of the molecule is CCN(c1ccccc1)c1nc(C)cc(N2CCCC2)n1. The van der Waals surface area contributed by atoms with Crippen LogP contribution in [0.5, 0.6) is 0 Å². The molecule has 3 rings (SSSR count). The second kappa shape index (κ2) is 6.12. The molecule has 2 heterocycles. The third kappa shape index (κ3) is 2.99. The molecule has 1 aromatic heterocycles. The van der Waals surface area contributed by atoms with Crippen LogP contribution in [0.4, 0.5) is 17.5 Å². The number of nitrogens with zero attached hydrogens (tertiary/aromatic N) is 4. The summed E-state index contributed by atoms with van der Waals surface area (Å²) in [4.78, 5) is 14.0. The Labute approximate surface area is 126 Å². The summed E-state index contributed by atoms with van der Waals surface area (Å²) < 4.78 is 0. The first-order valence-corrected chi connectivity index (χ1v) is 7.71. The van der Waals surface area contributed by atoms with E-state index in [4.69, 9.17) is 4.98 Å². The van der Waals surface area contributed by atoms with Crippen molar-refractivity contribution in [2.75, 3.05) is 29.4 Å². The molecule has 4 heteroatoms. The minimum atomic E-state index is 0.797. The molecule has 1 aromatic carbocycles. The molecule has 1 fully saturated rings. The van der Waals surface area contributed by atoms with Gasteiger partial charge in [0.1, 0.15) is 5.82 Å². The van der Waals surface area contributed by atoms with E-state index in [1.165, 1.54) is 12.8 Å². The highest BCUT2D eigenvalue weighted by atomic mass is 15.3. The van der Waals surface area contributed by atoms with Crippen LogP contribution in [0, 0.1) is 6.92 Å². The molecule has 1 saturated heterocycles. The maximum atomic E-state index is 4.80. The molecule has 0 aliphatic carbocycles. The Kier molecular flexibility index (Phi) is 4.04. The number of anilines is 3. The molecule has 0 saturated carbocycles. The zero-order valence-corrected chi connectivity index (χ0v) is 12.8. The van der Waals surface area contributed by atoms with Crippen LogP contribution >= 0.6 is 0 Å². The number of aromatic nitrogens is 2. The fourth-order valence-electron chi connectivity index (χ4n) is 2.81. The van der Waals surface area contributed by atoms with Crippen molar-refractivity contribution in [3.8, 4) is 0 Å². The number of hydrogen-bond acceptors (Lipinski definition) is 4. The van der Waals surface area contributed by atoms with E-state index in [0.29, 0.717) is 0 Å². The van der Waals surface area contributed by atoms with Crippen LogP contribution in [0.15, 0.2) is 36.4 Å². The van der Waals surface area contributed by atoms with Gasteiger partial charge in [0.15, 0.2) is 0 Å². The molecule has 4 nitrogen and oxygen atoms in total. The molecule has 0 bridgehead atoms. The first kappa shape index (κ1) is 13.9. The van der Waals surface area contributed by atoms with Gasteiger partial charge in [0, 0.05) is 37.1 Å². The fourth-order valence-corrected chi connectivity index (χ4v) is 2.81. The summed E-state index contributed by atoms with van der Waals surface area (Å²) in [6, 6.07) is 12.4. The van der Waals surface area contributed by atoms with E-state index >= 15 is 0 Å². The lowest BCUT2D eigenvalue weighted by Crippen LogP contribution is -2.23.